The Morgan fingerprint density at radius 2 is 1.81 bits per heavy atom. The van der Waals surface area contributed by atoms with Crippen LogP contribution >= 0.6 is 24.0 Å². The number of nitrogens with one attached hydrogen (secondary N) is 1. The van der Waals surface area contributed by atoms with Crippen molar-refractivity contribution in [2.75, 3.05) is 58.8 Å². The molecule has 2 aromatic rings. The summed E-state index contributed by atoms with van der Waals surface area (Å²) >= 11 is 0. The second kappa shape index (κ2) is 10.6. The lowest BCUT2D eigenvalue weighted by molar-refractivity contribution is 0.255. The lowest BCUT2D eigenvalue weighted by Crippen LogP contribution is -2.53. The molecule has 2 heterocycles. The minimum atomic E-state index is 0. The fourth-order valence-electron chi connectivity index (χ4n) is 3.35. The van der Waals surface area contributed by atoms with Crippen molar-refractivity contribution in [2.24, 2.45) is 4.99 Å². The summed E-state index contributed by atoms with van der Waals surface area (Å²) in [7, 11) is 5.98. The highest BCUT2D eigenvalue weighted by Gasteiger charge is 2.22. The number of hydrogen-bond acceptors (Lipinski definition) is 4. The lowest BCUT2D eigenvalue weighted by atomic mass is 10.2. The molecule has 1 saturated heterocycles. The molecule has 148 valence electrons. The van der Waals surface area contributed by atoms with Crippen LogP contribution < -0.4 is 10.2 Å². The van der Waals surface area contributed by atoms with Crippen LogP contribution in [0.15, 0.2) is 58.1 Å². The summed E-state index contributed by atoms with van der Waals surface area (Å²) in [5.41, 5.74) is 1.29. The van der Waals surface area contributed by atoms with E-state index in [0.29, 0.717) is 0 Å². The first kappa shape index (κ1) is 21.6. The van der Waals surface area contributed by atoms with Gasteiger partial charge < -0.3 is 19.5 Å². The Balaban J connectivity index is 0.00000261. The summed E-state index contributed by atoms with van der Waals surface area (Å²) < 4.78 is 5.59. The number of rotatable bonds is 5. The minimum Gasteiger partial charge on any atom is -0.468 e. The van der Waals surface area contributed by atoms with Crippen LogP contribution in [0.1, 0.15) is 11.8 Å². The standard InChI is InChI=1S/C20H29N5O.HI/c1-21-20(22-16-18(23(2)3)19-10-7-15-26-19)25-13-11-24(12-14-25)17-8-5-4-6-9-17;/h4-10,15,18H,11-14,16H2,1-3H3,(H,21,22);1H. The third-order valence-electron chi connectivity index (χ3n) is 4.86. The van der Waals surface area contributed by atoms with Gasteiger partial charge in [-0.3, -0.25) is 9.89 Å². The number of likely N-dealkylation sites (N-methyl/N-ethyl adjacent to an activating group) is 1. The number of para-hydroxylation sites is 1. The Labute approximate surface area is 179 Å². The van der Waals surface area contributed by atoms with Crippen molar-refractivity contribution in [3.8, 4) is 0 Å². The van der Waals surface area contributed by atoms with Crippen molar-refractivity contribution >= 4 is 35.6 Å². The third kappa shape index (κ3) is 5.62. The maximum Gasteiger partial charge on any atom is 0.193 e. The summed E-state index contributed by atoms with van der Waals surface area (Å²) in [6, 6.07) is 14.7. The quantitative estimate of drug-likeness (QED) is 0.403. The van der Waals surface area contributed by atoms with E-state index in [0.717, 1.165) is 44.4 Å². The van der Waals surface area contributed by atoms with E-state index in [1.54, 1.807) is 6.26 Å². The molecular formula is C20H30IN5O. The van der Waals surface area contributed by atoms with E-state index in [4.69, 9.17) is 4.42 Å². The number of aliphatic imine (C=N–C) groups is 1. The van der Waals surface area contributed by atoms with Crippen molar-refractivity contribution in [3.63, 3.8) is 0 Å². The number of piperazine rings is 1. The van der Waals surface area contributed by atoms with E-state index >= 15 is 0 Å². The number of furan rings is 1. The summed E-state index contributed by atoms with van der Waals surface area (Å²) in [6.45, 7) is 4.68. The Morgan fingerprint density at radius 3 is 2.37 bits per heavy atom. The van der Waals surface area contributed by atoms with Gasteiger partial charge >= 0.3 is 0 Å². The van der Waals surface area contributed by atoms with E-state index in [-0.39, 0.29) is 30.0 Å². The molecule has 1 aliphatic rings. The van der Waals surface area contributed by atoms with Crippen molar-refractivity contribution in [1.29, 1.82) is 0 Å². The fourth-order valence-corrected chi connectivity index (χ4v) is 3.35. The monoisotopic (exact) mass is 483 g/mol. The van der Waals surface area contributed by atoms with E-state index < -0.39 is 0 Å². The molecule has 27 heavy (non-hydrogen) atoms. The second-order valence-corrected chi connectivity index (χ2v) is 6.73. The molecule has 1 atom stereocenters. The molecule has 1 N–H and O–H groups in total. The van der Waals surface area contributed by atoms with Gasteiger partial charge in [0.2, 0.25) is 0 Å². The molecule has 0 aliphatic carbocycles. The maximum absolute atomic E-state index is 5.59. The zero-order valence-electron chi connectivity index (χ0n) is 16.3. The van der Waals surface area contributed by atoms with Crippen LogP contribution in [-0.4, -0.2) is 69.6 Å². The summed E-state index contributed by atoms with van der Waals surface area (Å²) in [4.78, 5) is 11.4. The van der Waals surface area contributed by atoms with Crippen LogP contribution in [0.25, 0.3) is 0 Å². The number of benzene rings is 1. The number of nitrogens with zero attached hydrogens (tertiary/aromatic N) is 4. The zero-order valence-corrected chi connectivity index (χ0v) is 18.7. The van der Waals surface area contributed by atoms with Crippen molar-refractivity contribution in [1.82, 2.24) is 15.1 Å². The highest BCUT2D eigenvalue weighted by molar-refractivity contribution is 14.0. The second-order valence-electron chi connectivity index (χ2n) is 6.73. The normalized spacial score (nSPS) is 16.2. The van der Waals surface area contributed by atoms with Crippen LogP contribution in [0.4, 0.5) is 5.69 Å². The van der Waals surface area contributed by atoms with E-state index in [9.17, 15) is 0 Å². The van der Waals surface area contributed by atoms with E-state index in [1.807, 2.05) is 19.2 Å². The van der Waals surface area contributed by atoms with Gasteiger partial charge in [0.05, 0.1) is 12.3 Å². The van der Waals surface area contributed by atoms with Crippen molar-refractivity contribution in [3.05, 3.63) is 54.5 Å². The Morgan fingerprint density at radius 1 is 1.11 bits per heavy atom. The first-order valence-electron chi connectivity index (χ1n) is 9.14. The summed E-state index contributed by atoms with van der Waals surface area (Å²) in [5.74, 6) is 1.92. The smallest absolute Gasteiger partial charge is 0.193 e. The molecule has 3 rings (SSSR count). The van der Waals surface area contributed by atoms with Gasteiger partial charge in [0, 0.05) is 45.5 Å². The van der Waals surface area contributed by atoms with Gasteiger partial charge in [0.15, 0.2) is 5.96 Å². The van der Waals surface area contributed by atoms with Crippen LogP contribution in [0.5, 0.6) is 0 Å². The van der Waals surface area contributed by atoms with Crippen LogP contribution in [0.2, 0.25) is 0 Å². The highest BCUT2D eigenvalue weighted by Crippen LogP contribution is 2.18. The molecule has 1 aromatic carbocycles. The van der Waals surface area contributed by atoms with E-state index in [2.05, 4.69) is 69.4 Å². The number of guanidine groups is 1. The molecule has 1 unspecified atom stereocenters. The predicted octanol–water partition coefficient (Wildman–Crippen LogP) is 2.90. The van der Waals surface area contributed by atoms with Crippen LogP contribution in [0, 0.1) is 0 Å². The molecule has 1 fully saturated rings. The summed E-state index contributed by atoms with van der Waals surface area (Å²) in [5, 5.41) is 3.52. The fraction of sp³-hybridized carbons (Fsp3) is 0.450. The minimum absolute atomic E-state index is 0. The largest absolute Gasteiger partial charge is 0.468 e. The van der Waals surface area contributed by atoms with E-state index in [1.165, 1.54) is 5.69 Å². The Kier molecular flexibility index (Phi) is 8.43. The van der Waals surface area contributed by atoms with Gasteiger partial charge in [-0.1, -0.05) is 18.2 Å². The van der Waals surface area contributed by atoms with Gasteiger partial charge in [-0.25, -0.2) is 0 Å². The molecule has 0 spiro atoms. The molecule has 0 amide bonds. The number of hydrogen-bond donors (Lipinski definition) is 1. The first-order valence-corrected chi connectivity index (χ1v) is 9.14. The van der Waals surface area contributed by atoms with Gasteiger partial charge in [0.1, 0.15) is 5.76 Å². The molecular weight excluding hydrogens is 453 g/mol. The molecule has 6 nitrogen and oxygen atoms in total. The summed E-state index contributed by atoms with van der Waals surface area (Å²) in [6.07, 6.45) is 1.73. The van der Waals surface area contributed by atoms with Gasteiger partial charge in [0.25, 0.3) is 0 Å². The first-order chi connectivity index (χ1) is 12.7. The maximum atomic E-state index is 5.59. The van der Waals surface area contributed by atoms with Gasteiger partial charge in [-0.15, -0.1) is 24.0 Å². The number of anilines is 1. The van der Waals surface area contributed by atoms with Crippen molar-refractivity contribution < 1.29 is 4.42 Å². The SMILES string of the molecule is CN=C(NCC(c1ccco1)N(C)C)N1CCN(c2ccccc2)CC1.I. The molecule has 1 aromatic heterocycles. The molecule has 7 heteroatoms. The number of halogens is 1. The van der Waals surface area contributed by atoms with Gasteiger partial charge in [-0.05, 0) is 38.4 Å². The predicted molar refractivity (Wildman–Crippen MR) is 122 cm³/mol. The lowest BCUT2D eigenvalue weighted by Gasteiger charge is -2.38. The molecule has 0 bridgehead atoms. The Hall–Kier alpha value is -1.74. The van der Waals surface area contributed by atoms with Crippen LogP contribution in [-0.2, 0) is 0 Å². The average Bonchev–Trinajstić information content (AvgIpc) is 3.20. The molecule has 0 saturated carbocycles. The molecule has 1 aliphatic heterocycles. The molecule has 0 radical (unpaired) electrons. The highest BCUT2D eigenvalue weighted by atomic mass is 127. The zero-order chi connectivity index (χ0) is 18.4. The topological polar surface area (TPSA) is 47.3 Å². The van der Waals surface area contributed by atoms with Crippen molar-refractivity contribution in [2.45, 2.75) is 6.04 Å². The average molecular weight is 483 g/mol. The Bertz CT molecular complexity index is 682. The van der Waals surface area contributed by atoms with Crippen LogP contribution in [0.3, 0.4) is 0 Å². The van der Waals surface area contributed by atoms with Gasteiger partial charge in [-0.2, -0.15) is 0 Å². The third-order valence-corrected chi connectivity index (χ3v) is 4.86.